The molecule has 1 aliphatic heterocycles. The maximum atomic E-state index is 11.2. The standard InChI is InChI=1S/C12H16ClN3O/c1-2-14-8-10(4-5-13)11(9-17)12-15-6-3-7-16-12/h2-3,6,8-9,15-16H,4-5,7H2,1H3/b10-8-,12-11?,14-2?. The molecule has 0 atom stereocenters. The molecule has 0 aromatic heterocycles. The van der Waals surface area contributed by atoms with Crippen LogP contribution in [-0.4, -0.2) is 24.9 Å². The number of nitrogens with one attached hydrogen (secondary N) is 2. The summed E-state index contributed by atoms with van der Waals surface area (Å²) >= 11 is 5.73. The molecule has 0 aromatic carbocycles. The van der Waals surface area contributed by atoms with E-state index in [2.05, 4.69) is 15.6 Å². The van der Waals surface area contributed by atoms with Gasteiger partial charge < -0.3 is 10.6 Å². The van der Waals surface area contributed by atoms with Crippen LogP contribution >= 0.6 is 11.6 Å². The van der Waals surface area contributed by atoms with Crippen LogP contribution in [-0.2, 0) is 4.79 Å². The molecular formula is C12H16ClN3O. The molecular weight excluding hydrogens is 238 g/mol. The average Bonchev–Trinajstić information content (AvgIpc) is 2.38. The molecule has 0 aromatic rings. The number of hydrogen-bond acceptors (Lipinski definition) is 4. The van der Waals surface area contributed by atoms with Gasteiger partial charge in [-0.1, -0.05) is 0 Å². The van der Waals surface area contributed by atoms with Crippen molar-refractivity contribution >= 4 is 24.1 Å². The van der Waals surface area contributed by atoms with Crippen molar-refractivity contribution in [2.24, 2.45) is 4.99 Å². The predicted octanol–water partition coefficient (Wildman–Crippen LogP) is 1.71. The minimum Gasteiger partial charge on any atom is -0.368 e. The van der Waals surface area contributed by atoms with Gasteiger partial charge in [-0.15, -0.1) is 11.6 Å². The highest BCUT2D eigenvalue weighted by atomic mass is 35.5. The Morgan fingerprint density at radius 2 is 2.47 bits per heavy atom. The summed E-state index contributed by atoms with van der Waals surface area (Å²) in [4.78, 5) is 15.2. The minimum absolute atomic E-state index is 0.450. The molecule has 5 heteroatoms. The highest BCUT2D eigenvalue weighted by Crippen LogP contribution is 2.16. The molecule has 92 valence electrons. The van der Waals surface area contributed by atoms with E-state index in [1.807, 2.05) is 13.0 Å². The number of hydrogen-bond donors (Lipinski definition) is 2. The predicted molar refractivity (Wildman–Crippen MR) is 71.0 cm³/mol. The topological polar surface area (TPSA) is 53.5 Å². The van der Waals surface area contributed by atoms with Crippen molar-refractivity contribution in [2.45, 2.75) is 13.3 Å². The lowest BCUT2D eigenvalue weighted by atomic mass is 10.1. The quantitative estimate of drug-likeness (QED) is 0.339. The van der Waals surface area contributed by atoms with Crippen molar-refractivity contribution in [3.63, 3.8) is 0 Å². The fourth-order valence-electron chi connectivity index (χ4n) is 1.42. The number of aliphatic imine (C=N–C) groups is 1. The van der Waals surface area contributed by atoms with E-state index in [0.717, 1.165) is 11.9 Å². The molecule has 1 rings (SSSR count). The Morgan fingerprint density at radius 1 is 1.65 bits per heavy atom. The summed E-state index contributed by atoms with van der Waals surface area (Å²) < 4.78 is 0. The minimum atomic E-state index is 0.450. The lowest BCUT2D eigenvalue weighted by Crippen LogP contribution is -2.29. The molecule has 0 aliphatic carbocycles. The third-order valence-electron chi connectivity index (χ3n) is 2.22. The van der Waals surface area contributed by atoms with E-state index in [0.29, 0.717) is 30.2 Å². The van der Waals surface area contributed by atoms with Gasteiger partial charge in [0, 0.05) is 31.0 Å². The first-order chi connectivity index (χ1) is 8.33. The van der Waals surface area contributed by atoms with Crippen molar-refractivity contribution in [2.75, 3.05) is 12.4 Å². The van der Waals surface area contributed by atoms with E-state index in [1.165, 1.54) is 0 Å². The summed E-state index contributed by atoms with van der Waals surface area (Å²) in [6, 6.07) is 0. The van der Waals surface area contributed by atoms with Gasteiger partial charge in [-0.05, 0) is 25.0 Å². The third kappa shape index (κ3) is 4.07. The number of rotatable bonds is 5. The van der Waals surface area contributed by atoms with Crippen molar-refractivity contribution in [3.8, 4) is 0 Å². The number of carbonyl (C=O) groups excluding carboxylic acids is 1. The SMILES string of the molecule is CC=N/C=C(/CCCl)C(C=O)=C1NC=CCN1. The Morgan fingerprint density at radius 3 is 3.00 bits per heavy atom. The van der Waals surface area contributed by atoms with Crippen LogP contribution in [0.5, 0.6) is 0 Å². The Balaban J connectivity index is 3.03. The highest BCUT2D eigenvalue weighted by molar-refractivity contribution is 6.18. The Kier molecular flexibility index (Phi) is 6.10. The van der Waals surface area contributed by atoms with Crippen LogP contribution in [0.3, 0.4) is 0 Å². The zero-order chi connectivity index (χ0) is 12.5. The molecule has 2 N–H and O–H groups in total. The van der Waals surface area contributed by atoms with Crippen molar-refractivity contribution in [1.82, 2.24) is 10.6 Å². The molecule has 1 heterocycles. The second-order valence-corrected chi connectivity index (χ2v) is 3.71. The van der Waals surface area contributed by atoms with Crippen LogP contribution in [0.2, 0.25) is 0 Å². The van der Waals surface area contributed by atoms with E-state index >= 15 is 0 Å². The first-order valence-corrected chi connectivity index (χ1v) is 5.95. The molecule has 17 heavy (non-hydrogen) atoms. The maximum absolute atomic E-state index is 11.2. The normalized spacial score (nSPS) is 18.8. The molecule has 0 saturated carbocycles. The number of allylic oxidation sites excluding steroid dienone is 2. The second-order valence-electron chi connectivity index (χ2n) is 3.33. The van der Waals surface area contributed by atoms with Crippen molar-refractivity contribution in [1.29, 1.82) is 0 Å². The van der Waals surface area contributed by atoms with Gasteiger partial charge in [0.1, 0.15) is 5.82 Å². The summed E-state index contributed by atoms with van der Waals surface area (Å²) in [6.45, 7) is 2.52. The fraction of sp³-hybridized carbons (Fsp3) is 0.333. The van der Waals surface area contributed by atoms with Crippen LogP contribution < -0.4 is 10.6 Å². The first kappa shape index (κ1) is 13.5. The summed E-state index contributed by atoms with van der Waals surface area (Å²) in [5.41, 5.74) is 1.39. The molecule has 0 unspecified atom stereocenters. The van der Waals surface area contributed by atoms with E-state index in [9.17, 15) is 4.79 Å². The molecule has 0 radical (unpaired) electrons. The van der Waals surface area contributed by atoms with Crippen LogP contribution in [0.1, 0.15) is 13.3 Å². The Bertz CT molecular complexity index is 383. The monoisotopic (exact) mass is 253 g/mol. The largest absolute Gasteiger partial charge is 0.368 e. The summed E-state index contributed by atoms with van der Waals surface area (Å²) in [5.74, 6) is 1.15. The number of aldehydes is 1. The van der Waals surface area contributed by atoms with E-state index in [1.54, 1.807) is 18.6 Å². The average molecular weight is 254 g/mol. The summed E-state index contributed by atoms with van der Waals surface area (Å²) in [5, 5.41) is 6.11. The van der Waals surface area contributed by atoms with Crippen LogP contribution in [0.25, 0.3) is 0 Å². The maximum Gasteiger partial charge on any atom is 0.154 e. The molecule has 0 amide bonds. The third-order valence-corrected chi connectivity index (χ3v) is 2.41. The van der Waals surface area contributed by atoms with Gasteiger partial charge in [0.2, 0.25) is 0 Å². The number of halogens is 1. The van der Waals surface area contributed by atoms with E-state index in [-0.39, 0.29) is 0 Å². The zero-order valence-electron chi connectivity index (χ0n) is 9.74. The number of nitrogens with zero attached hydrogens (tertiary/aromatic N) is 1. The van der Waals surface area contributed by atoms with Gasteiger partial charge in [0.25, 0.3) is 0 Å². The molecule has 0 spiro atoms. The molecule has 0 saturated heterocycles. The van der Waals surface area contributed by atoms with Gasteiger partial charge in [-0.25, -0.2) is 0 Å². The zero-order valence-corrected chi connectivity index (χ0v) is 10.5. The lowest BCUT2D eigenvalue weighted by molar-refractivity contribution is -0.104. The van der Waals surface area contributed by atoms with Crippen LogP contribution in [0, 0.1) is 0 Å². The Hall–Kier alpha value is -1.55. The number of carbonyl (C=O) groups is 1. The molecule has 4 nitrogen and oxygen atoms in total. The lowest BCUT2D eigenvalue weighted by Gasteiger charge is -2.17. The smallest absolute Gasteiger partial charge is 0.154 e. The van der Waals surface area contributed by atoms with Crippen LogP contribution in [0.15, 0.2) is 40.4 Å². The first-order valence-electron chi connectivity index (χ1n) is 5.41. The second kappa shape index (κ2) is 7.68. The summed E-state index contributed by atoms with van der Waals surface area (Å²) in [7, 11) is 0. The molecule has 1 aliphatic rings. The van der Waals surface area contributed by atoms with Crippen molar-refractivity contribution in [3.05, 3.63) is 35.4 Å². The van der Waals surface area contributed by atoms with Gasteiger partial charge in [0.05, 0.1) is 5.57 Å². The van der Waals surface area contributed by atoms with Crippen LogP contribution in [0.4, 0.5) is 0 Å². The highest BCUT2D eigenvalue weighted by Gasteiger charge is 2.11. The van der Waals surface area contributed by atoms with E-state index in [4.69, 9.17) is 11.6 Å². The van der Waals surface area contributed by atoms with Gasteiger partial charge in [-0.2, -0.15) is 0 Å². The number of alkyl halides is 1. The molecule has 0 bridgehead atoms. The summed E-state index contributed by atoms with van der Waals surface area (Å²) in [6.07, 6.45) is 8.49. The van der Waals surface area contributed by atoms with E-state index < -0.39 is 0 Å². The Labute approximate surface area is 106 Å². The fourth-order valence-corrected chi connectivity index (χ4v) is 1.62. The van der Waals surface area contributed by atoms with Gasteiger partial charge in [0.15, 0.2) is 6.29 Å². The molecule has 0 fully saturated rings. The van der Waals surface area contributed by atoms with Gasteiger partial charge in [-0.3, -0.25) is 9.79 Å². The van der Waals surface area contributed by atoms with Crippen molar-refractivity contribution < 1.29 is 4.79 Å². The van der Waals surface area contributed by atoms with Gasteiger partial charge >= 0.3 is 0 Å².